The smallest absolute Gasteiger partial charge is 0.227 e. The molecule has 2 fully saturated rings. The average molecular weight is 403 g/mol. The highest BCUT2D eigenvalue weighted by Crippen LogP contribution is 2.26. The van der Waals surface area contributed by atoms with Gasteiger partial charge in [0.15, 0.2) is 0 Å². The molecule has 1 unspecified atom stereocenters. The maximum absolute atomic E-state index is 12.5. The molecule has 29 heavy (non-hydrogen) atoms. The van der Waals surface area contributed by atoms with Gasteiger partial charge in [-0.25, -0.2) is 0 Å². The lowest BCUT2D eigenvalue weighted by molar-refractivity contribution is -0.126. The number of unbranched alkanes of at least 4 members (excludes halogenated alkanes) is 1. The number of nitrogens with one attached hydrogen (secondary N) is 1. The number of methoxy groups -OCH3 is 1. The summed E-state index contributed by atoms with van der Waals surface area (Å²) in [5, 5.41) is 3.02. The highest BCUT2D eigenvalue weighted by atomic mass is 16.5. The van der Waals surface area contributed by atoms with E-state index in [1.54, 1.807) is 12.0 Å². The number of hydrogen-bond donors (Lipinski definition) is 1. The Hall–Kier alpha value is -2.12. The molecule has 7 heteroatoms. The quantitative estimate of drug-likeness (QED) is 0.636. The molecule has 7 nitrogen and oxygen atoms in total. The fourth-order valence-electron chi connectivity index (χ4n) is 4.04. The summed E-state index contributed by atoms with van der Waals surface area (Å²) in [6.07, 6.45) is 2.34. The van der Waals surface area contributed by atoms with Crippen LogP contribution in [0.3, 0.4) is 0 Å². The summed E-state index contributed by atoms with van der Waals surface area (Å²) < 4.78 is 5.16. The van der Waals surface area contributed by atoms with Gasteiger partial charge in [-0.05, 0) is 50.2 Å². The van der Waals surface area contributed by atoms with E-state index in [1.165, 1.54) is 0 Å². The van der Waals surface area contributed by atoms with Crippen LogP contribution < -0.4 is 15.0 Å². The number of carbonyl (C=O) groups is 2. The van der Waals surface area contributed by atoms with Crippen LogP contribution in [-0.2, 0) is 9.59 Å². The van der Waals surface area contributed by atoms with Gasteiger partial charge in [0.2, 0.25) is 11.8 Å². The maximum Gasteiger partial charge on any atom is 0.227 e. The summed E-state index contributed by atoms with van der Waals surface area (Å²) in [5.41, 5.74) is 0.814. The first-order valence-corrected chi connectivity index (χ1v) is 10.8. The van der Waals surface area contributed by atoms with Crippen molar-refractivity contribution in [1.29, 1.82) is 0 Å². The third kappa shape index (κ3) is 5.93. The number of ether oxygens (including phenoxy) is 1. The van der Waals surface area contributed by atoms with Gasteiger partial charge < -0.3 is 24.8 Å². The molecule has 0 aliphatic carbocycles. The zero-order valence-corrected chi connectivity index (χ0v) is 17.7. The van der Waals surface area contributed by atoms with E-state index in [1.807, 2.05) is 24.3 Å². The van der Waals surface area contributed by atoms with Crippen molar-refractivity contribution in [3.8, 4) is 5.75 Å². The number of piperazine rings is 1. The van der Waals surface area contributed by atoms with Crippen LogP contribution in [0.4, 0.5) is 5.69 Å². The van der Waals surface area contributed by atoms with Gasteiger partial charge in [0.1, 0.15) is 5.75 Å². The van der Waals surface area contributed by atoms with E-state index >= 15 is 0 Å². The van der Waals surface area contributed by atoms with Crippen LogP contribution in [-0.4, -0.2) is 81.1 Å². The molecule has 2 heterocycles. The molecule has 3 rings (SSSR count). The van der Waals surface area contributed by atoms with E-state index < -0.39 is 0 Å². The van der Waals surface area contributed by atoms with Crippen molar-refractivity contribution in [3.63, 3.8) is 0 Å². The molecule has 1 atom stereocenters. The van der Waals surface area contributed by atoms with E-state index in [2.05, 4.69) is 22.0 Å². The second-order valence-corrected chi connectivity index (χ2v) is 7.88. The van der Waals surface area contributed by atoms with Gasteiger partial charge in [0, 0.05) is 51.4 Å². The zero-order chi connectivity index (χ0) is 20.6. The Balaban J connectivity index is 1.34. The first-order chi connectivity index (χ1) is 14.1. The summed E-state index contributed by atoms with van der Waals surface area (Å²) in [6.45, 7) is 10.2. The minimum atomic E-state index is -0.272. The minimum absolute atomic E-state index is 0.00142. The lowest BCUT2D eigenvalue weighted by Gasteiger charge is -2.33. The number of anilines is 1. The van der Waals surface area contributed by atoms with Crippen LogP contribution in [0.15, 0.2) is 24.3 Å². The Labute approximate surface area is 174 Å². The predicted molar refractivity (Wildman–Crippen MR) is 114 cm³/mol. The van der Waals surface area contributed by atoms with Gasteiger partial charge in [-0.15, -0.1) is 0 Å². The number of hydrogen-bond acceptors (Lipinski definition) is 5. The molecular formula is C22H34N4O3. The molecule has 160 valence electrons. The largest absolute Gasteiger partial charge is 0.497 e. The SMILES string of the molecule is CCN1CCN(CCCCNC(=O)C2CC(=O)N(c3ccc(OC)cc3)C2)CC1. The number of nitrogens with zero attached hydrogens (tertiary/aromatic N) is 3. The molecular weight excluding hydrogens is 368 g/mol. The lowest BCUT2D eigenvalue weighted by Crippen LogP contribution is -2.46. The van der Waals surface area contributed by atoms with E-state index in [4.69, 9.17) is 4.74 Å². The van der Waals surface area contributed by atoms with Crippen LogP contribution in [0, 0.1) is 5.92 Å². The van der Waals surface area contributed by atoms with Crippen LogP contribution in [0.1, 0.15) is 26.2 Å². The average Bonchev–Trinajstić information content (AvgIpc) is 3.15. The molecule has 2 saturated heterocycles. The molecule has 0 aromatic heterocycles. The second kappa shape index (κ2) is 10.6. The van der Waals surface area contributed by atoms with E-state index in [0.29, 0.717) is 13.1 Å². The number of benzene rings is 1. The van der Waals surface area contributed by atoms with Crippen LogP contribution in [0.25, 0.3) is 0 Å². The lowest BCUT2D eigenvalue weighted by atomic mass is 10.1. The zero-order valence-electron chi connectivity index (χ0n) is 17.7. The molecule has 2 amide bonds. The van der Waals surface area contributed by atoms with Gasteiger partial charge in [-0.3, -0.25) is 9.59 Å². The number of rotatable bonds is 9. The molecule has 0 spiro atoms. The highest BCUT2D eigenvalue weighted by Gasteiger charge is 2.34. The fraction of sp³-hybridized carbons (Fsp3) is 0.636. The molecule has 1 N–H and O–H groups in total. The van der Waals surface area contributed by atoms with Crippen molar-refractivity contribution in [3.05, 3.63) is 24.3 Å². The number of amides is 2. The Morgan fingerprint density at radius 2 is 1.79 bits per heavy atom. The Morgan fingerprint density at radius 3 is 2.45 bits per heavy atom. The molecule has 0 bridgehead atoms. The van der Waals surface area contributed by atoms with Gasteiger partial charge >= 0.3 is 0 Å². The highest BCUT2D eigenvalue weighted by molar-refractivity contribution is 6.00. The van der Waals surface area contributed by atoms with Crippen molar-refractivity contribution in [2.45, 2.75) is 26.2 Å². The maximum atomic E-state index is 12.5. The molecule has 1 aromatic rings. The number of likely N-dealkylation sites (N-methyl/N-ethyl adjacent to an activating group) is 1. The molecule has 0 radical (unpaired) electrons. The monoisotopic (exact) mass is 402 g/mol. The first kappa shape index (κ1) is 21.6. The third-order valence-electron chi connectivity index (χ3n) is 5.99. The molecule has 1 aromatic carbocycles. The topological polar surface area (TPSA) is 65.1 Å². The van der Waals surface area contributed by atoms with E-state index in [-0.39, 0.29) is 24.2 Å². The van der Waals surface area contributed by atoms with Crippen LogP contribution >= 0.6 is 0 Å². The van der Waals surface area contributed by atoms with Crippen molar-refractivity contribution in [1.82, 2.24) is 15.1 Å². The summed E-state index contributed by atoms with van der Waals surface area (Å²) in [4.78, 5) is 31.5. The van der Waals surface area contributed by atoms with Gasteiger partial charge in [0.25, 0.3) is 0 Å². The summed E-state index contributed by atoms with van der Waals surface area (Å²) in [6, 6.07) is 7.38. The van der Waals surface area contributed by atoms with Crippen molar-refractivity contribution in [2.24, 2.45) is 5.92 Å². The Morgan fingerprint density at radius 1 is 1.10 bits per heavy atom. The van der Waals surface area contributed by atoms with Gasteiger partial charge in [-0.2, -0.15) is 0 Å². The van der Waals surface area contributed by atoms with Crippen LogP contribution in [0.5, 0.6) is 5.75 Å². The van der Waals surface area contributed by atoms with Crippen LogP contribution in [0.2, 0.25) is 0 Å². The third-order valence-corrected chi connectivity index (χ3v) is 5.99. The van der Waals surface area contributed by atoms with Gasteiger partial charge in [0.05, 0.1) is 13.0 Å². The standard InChI is InChI=1S/C22H34N4O3/c1-3-24-12-14-25(15-13-24)11-5-4-10-23-22(28)18-16-21(27)26(17-18)19-6-8-20(29-2)9-7-19/h6-9,18H,3-5,10-17H2,1-2H3,(H,23,28). The predicted octanol–water partition coefficient (Wildman–Crippen LogP) is 1.58. The fourth-order valence-corrected chi connectivity index (χ4v) is 4.04. The summed E-state index contributed by atoms with van der Waals surface area (Å²) >= 11 is 0. The van der Waals surface area contributed by atoms with E-state index in [9.17, 15) is 9.59 Å². The second-order valence-electron chi connectivity index (χ2n) is 7.88. The Bertz CT molecular complexity index is 671. The summed E-state index contributed by atoms with van der Waals surface area (Å²) in [7, 11) is 1.61. The normalized spacial score (nSPS) is 20.8. The first-order valence-electron chi connectivity index (χ1n) is 10.8. The minimum Gasteiger partial charge on any atom is -0.497 e. The van der Waals surface area contributed by atoms with Crippen molar-refractivity contribution >= 4 is 17.5 Å². The Kier molecular flexibility index (Phi) is 7.89. The molecule has 0 saturated carbocycles. The van der Waals surface area contributed by atoms with Crippen molar-refractivity contribution in [2.75, 3.05) is 64.4 Å². The molecule has 2 aliphatic heterocycles. The van der Waals surface area contributed by atoms with E-state index in [0.717, 1.165) is 63.5 Å². The van der Waals surface area contributed by atoms with Gasteiger partial charge in [-0.1, -0.05) is 6.92 Å². The van der Waals surface area contributed by atoms with Crippen molar-refractivity contribution < 1.29 is 14.3 Å². The molecule has 2 aliphatic rings. The summed E-state index contributed by atoms with van der Waals surface area (Å²) in [5.74, 6) is 0.473. The number of carbonyl (C=O) groups excluding carboxylic acids is 2.